The molecular weight excluding hydrogens is 162 g/mol. The van der Waals surface area contributed by atoms with Crippen molar-refractivity contribution in [3.05, 3.63) is 0 Å². The lowest BCUT2D eigenvalue weighted by Gasteiger charge is -2.09. The van der Waals surface area contributed by atoms with Gasteiger partial charge in [-0.15, -0.1) is 0 Å². The minimum atomic E-state index is -1.27. The van der Waals surface area contributed by atoms with Gasteiger partial charge in [-0.3, -0.25) is 4.79 Å². The molecule has 2 amide bonds. The number of carbonyl (C=O) groups is 2. The van der Waals surface area contributed by atoms with Gasteiger partial charge in [-0.05, 0) is 6.92 Å². The fourth-order valence-corrected chi connectivity index (χ4v) is 0.530. The monoisotopic (exact) mass is 171 g/mol. The third-order valence-electron chi connectivity index (χ3n) is 1.07. The summed E-state index contributed by atoms with van der Waals surface area (Å²) in [6.45, 7) is 1.27. The van der Waals surface area contributed by atoms with Crippen molar-refractivity contribution < 1.29 is 14.7 Å². The Morgan fingerprint density at radius 2 is 2.25 bits per heavy atom. The second-order valence-electron chi connectivity index (χ2n) is 2.05. The number of amides is 2. The molecule has 0 saturated heterocycles. The van der Waals surface area contributed by atoms with E-state index in [9.17, 15) is 9.59 Å². The van der Waals surface area contributed by atoms with Gasteiger partial charge >= 0.3 is 6.09 Å². The fourth-order valence-electron chi connectivity index (χ4n) is 0.530. The minimum absolute atomic E-state index is 0.121. The number of carboxylic acid groups (broad SMARTS) is 1. The lowest BCUT2D eigenvalue weighted by Crippen LogP contribution is -2.44. The smallest absolute Gasteiger partial charge is 0.405 e. The van der Waals surface area contributed by atoms with Crippen molar-refractivity contribution in [2.45, 2.75) is 13.0 Å². The van der Waals surface area contributed by atoms with Crippen LogP contribution in [0.3, 0.4) is 0 Å². The number of nitrogens with one attached hydrogen (secondary N) is 2. The summed E-state index contributed by atoms with van der Waals surface area (Å²) in [5.74, 6) is -0.515. The highest BCUT2D eigenvalue weighted by Gasteiger charge is 2.13. The average molecular weight is 171 g/mol. The Labute approximate surface area is 69.2 Å². The Morgan fingerprint density at radius 3 is 2.67 bits per heavy atom. The lowest BCUT2D eigenvalue weighted by molar-refractivity contribution is -0.122. The quantitative estimate of drug-likeness (QED) is 0.487. The van der Waals surface area contributed by atoms with Gasteiger partial charge in [0.1, 0.15) is 12.6 Å². The zero-order valence-corrected chi connectivity index (χ0v) is 6.50. The zero-order valence-electron chi connectivity index (χ0n) is 6.50. The topological polar surface area (TPSA) is 102 Å². The van der Waals surface area contributed by atoms with Crippen LogP contribution in [0, 0.1) is 11.3 Å². The molecular formula is C6H9N3O3. The highest BCUT2D eigenvalue weighted by molar-refractivity contribution is 5.84. The molecule has 0 aromatic carbocycles. The molecule has 0 rings (SSSR count). The molecule has 0 aromatic rings. The van der Waals surface area contributed by atoms with Crippen LogP contribution in [0.1, 0.15) is 6.92 Å². The third kappa shape index (κ3) is 4.11. The molecule has 1 atom stereocenters. The predicted molar refractivity (Wildman–Crippen MR) is 39.2 cm³/mol. The Bertz CT molecular complexity index is 221. The molecule has 0 radical (unpaired) electrons. The maximum atomic E-state index is 10.8. The molecule has 0 aliphatic heterocycles. The molecule has 0 bridgehead atoms. The summed E-state index contributed by atoms with van der Waals surface area (Å²) in [5.41, 5.74) is 0. The van der Waals surface area contributed by atoms with Gasteiger partial charge in [-0.1, -0.05) is 0 Å². The summed E-state index contributed by atoms with van der Waals surface area (Å²) in [7, 11) is 0. The van der Waals surface area contributed by atoms with E-state index in [4.69, 9.17) is 10.4 Å². The molecule has 66 valence electrons. The van der Waals surface area contributed by atoms with Crippen LogP contribution in [-0.2, 0) is 4.79 Å². The van der Waals surface area contributed by atoms with E-state index in [2.05, 4.69) is 5.32 Å². The molecule has 1 unspecified atom stereocenters. The van der Waals surface area contributed by atoms with Crippen LogP contribution in [0.4, 0.5) is 4.79 Å². The second kappa shape index (κ2) is 4.96. The van der Waals surface area contributed by atoms with Crippen molar-refractivity contribution >= 4 is 12.0 Å². The van der Waals surface area contributed by atoms with Gasteiger partial charge in [0, 0.05) is 0 Å². The number of hydrogen-bond acceptors (Lipinski definition) is 3. The van der Waals surface area contributed by atoms with Crippen LogP contribution in [0.15, 0.2) is 0 Å². The molecule has 3 N–H and O–H groups in total. The lowest BCUT2D eigenvalue weighted by atomic mass is 10.3. The van der Waals surface area contributed by atoms with Crippen molar-refractivity contribution in [1.82, 2.24) is 10.6 Å². The highest BCUT2D eigenvalue weighted by Crippen LogP contribution is 1.80. The van der Waals surface area contributed by atoms with Crippen LogP contribution in [0.5, 0.6) is 0 Å². The van der Waals surface area contributed by atoms with Crippen molar-refractivity contribution in [3.63, 3.8) is 0 Å². The summed E-state index contributed by atoms with van der Waals surface area (Å²) in [4.78, 5) is 20.9. The van der Waals surface area contributed by atoms with Crippen LogP contribution in [-0.4, -0.2) is 29.7 Å². The maximum Gasteiger partial charge on any atom is 0.405 e. The van der Waals surface area contributed by atoms with Gasteiger partial charge in [-0.25, -0.2) is 4.79 Å². The van der Waals surface area contributed by atoms with Crippen LogP contribution >= 0.6 is 0 Å². The van der Waals surface area contributed by atoms with E-state index in [1.807, 2.05) is 5.32 Å². The first kappa shape index (κ1) is 10.2. The number of rotatable bonds is 3. The van der Waals surface area contributed by atoms with Gasteiger partial charge in [0.2, 0.25) is 5.91 Å². The molecule has 6 nitrogen and oxygen atoms in total. The van der Waals surface area contributed by atoms with Gasteiger partial charge in [0.05, 0.1) is 6.07 Å². The first-order valence-corrected chi connectivity index (χ1v) is 3.22. The normalized spacial score (nSPS) is 11.0. The van der Waals surface area contributed by atoms with Crippen LogP contribution in [0.25, 0.3) is 0 Å². The number of nitrogens with zero attached hydrogens (tertiary/aromatic N) is 1. The summed E-state index contributed by atoms with van der Waals surface area (Å²) in [5, 5.41) is 20.4. The highest BCUT2D eigenvalue weighted by atomic mass is 16.4. The van der Waals surface area contributed by atoms with Crippen molar-refractivity contribution in [2.24, 2.45) is 0 Å². The fraction of sp³-hybridized carbons (Fsp3) is 0.500. The number of hydrogen-bond donors (Lipinski definition) is 3. The Kier molecular flexibility index (Phi) is 4.23. The Morgan fingerprint density at radius 1 is 1.67 bits per heavy atom. The van der Waals surface area contributed by atoms with Gasteiger partial charge < -0.3 is 15.7 Å². The summed E-state index contributed by atoms with van der Waals surface area (Å²) in [6, 6.07) is 0.862. The van der Waals surface area contributed by atoms with E-state index >= 15 is 0 Å². The molecule has 0 saturated carbocycles. The summed E-state index contributed by atoms with van der Waals surface area (Å²) < 4.78 is 0. The van der Waals surface area contributed by atoms with Crippen molar-refractivity contribution in [2.75, 3.05) is 6.54 Å². The molecule has 0 aromatic heterocycles. The first-order valence-electron chi connectivity index (χ1n) is 3.22. The SMILES string of the molecule is CC(NC(=O)O)C(=O)NCC#N. The van der Waals surface area contributed by atoms with Gasteiger partial charge in [0.15, 0.2) is 0 Å². The van der Waals surface area contributed by atoms with E-state index < -0.39 is 18.0 Å². The van der Waals surface area contributed by atoms with Crippen molar-refractivity contribution in [1.29, 1.82) is 5.26 Å². The minimum Gasteiger partial charge on any atom is -0.465 e. The van der Waals surface area contributed by atoms with E-state index in [0.717, 1.165) is 0 Å². The van der Waals surface area contributed by atoms with E-state index in [1.54, 1.807) is 6.07 Å². The average Bonchev–Trinajstić information content (AvgIpc) is 1.98. The second-order valence-corrected chi connectivity index (χ2v) is 2.05. The summed E-state index contributed by atoms with van der Waals surface area (Å²) >= 11 is 0. The summed E-state index contributed by atoms with van der Waals surface area (Å²) in [6.07, 6.45) is -1.27. The molecule has 6 heteroatoms. The molecule has 0 heterocycles. The largest absolute Gasteiger partial charge is 0.465 e. The first-order chi connectivity index (χ1) is 5.57. The van der Waals surface area contributed by atoms with Crippen LogP contribution in [0.2, 0.25) is 0 Å². The zero-order chi connectivity index (χ0) is 9.56. The Hall–Kier alpha value is -1.77. The predicted octanol–water partition coefficient (Wildman–Crippen LogP) is -0.718. The van der Waals surface area contributed by atoms with E-state index in [0.29, 0.717) is 0 Å². The van der Waals surface area contributed by atoms with Gasteiger partial charge in [0.25, 0.3) is 0 Å². The van der Waals surface area contributed by atoms with Gasteiger partial charge in [-0.2, -0.15) is 5.26 Å². The van der Waals surface area contributed by atoms with E-state index in [-0.39, 0.29) is 6.54 Å². The molecule has 0 aliphatic carbocycles. The number of carbonyl (C=O) groups excluding carboxylic acids is 1. The van der Waals surface area contributed by atoms with Crippen LogP contribution < -0.4 is 10.6 Å². The molecule has 0 aliphatic rings. The number of nitriles is 1. The van der Waals surface area contributed by atoms with E-state index in [1.165, 1.54) is 6.92 Å². The molecule has 0 spiro atoms. The van der Waals surface area contributed by atoms with Crippen molar-refractivity contribution in [3.8, 4) is 6.07 Å². The Balaban J connectivity index is 3.78. The third-order valence-corrected chi connectivity index (χ3v) is 1.07. The maximum absolute atomic E-state index is 10.8. The molecule has 12 heavy (non-hydrogen) atoms. The standard InChI is InChI=1S/C6H9N3O3/c1-4(9-6(11)12)5(10)8-3-2-7/h4,9H,3H2,1H3,(H,8,10)(H,11,12). The molecule has 0 fully saturated rings.